The summed E-state index contributed by atoms with van der Waals surface area (Å²) in [5.74, 6) is -0.710. The summed E-state index contributed by atoms with van der Waals surface area (Å²) in [5, 5.41) is 22.1. The third-order valence-electron chi connectivity index (χ3n) is 7.62. The van der Waals surface area contributed by atoms with Crippen molar-refractivity contribution in [3.05, 3.63) is 71.8 Å². The van der Waals surface area contributed by atoms with Crippen molar-refractivity contribution in [3.63, 3.8) is 0 Å². The smallest absolute Gasteiger partial charge is 0.304 e. The summed E-state index contributed by atoms with van der Waals surface area (Å²) < 4.78 is 0. The van der Waals surface area contributed by atoms with Gasteiger partial charge < -0.3 is 15.3 Å². The second-order valence-corrected chi connectivity index (χ2v) is 10.4. The van der Waals surface area contributed by atoms with Gasteiger partial charge in [-0.2, -0.15) is 5.26 Å². The normalized spacial score (nSPS) is 20.4. The number of hydrogen-bond donors (Lipinski definition) is 2. The molecule has 0 radical (unpaired) electrons. The van der Waals surface area contributed by atoms with Gasteiger partial charge in [-0.05, 0) is 74.6 Å². The zero-order valence-corrected chi connectivity index (χ0v) is 20.1. The summed E-state index contributed by atoms with van der Waals surface area (Å²) in [7, 11) is 0. The van der Waals surface area contributed by atoms with Crippen LogP contribution < -0.4 is 5.32 Å². The van der Waals surface area contributed by atoms with Crippen molar-refractivity contribution in [3.8, 4) is 6.07 Å². The van der Waals surface area contributed by atoms with Gasteiger partial charge in [0, 0.05) is 19.1 Å². The first kappa shape index (κ1) is 24.4. The van der Waals surface area contributed by atoms with E-state index in [1.165, 1.54) is 24.0 Å². The Balaban J connectivity index is 0.000000398. The summed E-state index contributed by atoms with van der Waals surface area (Å²) in [4.78, 5) is 13.2. The van der Waals surface area contributed by atoms with Crippen molar-refractivity contribution in [1.29, 1.82) is 5.26 Å². The van der Waals surface area contributed by atoms with Crippen LogP contribution in [0.15, 0.2) is 60.7 Å². The van der Waals surface area contributed by atoms with E-state index in [1.54, 1.807) is 0 Å². The van der Waals surface area contributed by atoms with Crippen LogP contribution in [0.1, 0.15) is 56.1 Å². The van der Waals surface area contributed by atoms with E-state index in [4.69, 9.17) is 5.11 Å². The molecule has 2 N–H and O–H groups in total. The molecule has 34 heavy (non-hydrogen) atoms. The molecule has 180 valence electrons. The average molecular weight is 460 g/mol. The minimum absolute atomic E-state index is 0.209. The van der Waals surface area contributed by atoms with Gasteiger partial charge in [-0.3, -0.25) is 4.79 Å². The maximum absolute atomic E-state index is 10.9. The van der Waals surface area contributed by atoms with Gasteiger partial charge >= 0.3 is 5.97 Å². The summed E-state index contributed by atoms with van der Waals surface area (Å²) in [6.45, 7) is 3.67. The minimum atomic E-state index is -0.710. The van der Waals surface area contributed by atoms with Gasteiger partial charge in [-0.15, -0.1) is 0 Å². The van der Waals surface area contributed by atoms with Crippen LogP contribution in [0.2, 0.25) is 0 Å². The maximum Gasteiger partial charge on any atom is 0.304 e. The number of likely N-dealkylation sites (tertiary alicyclic amines) is 1. The molecule has 3 fully saturated rings. The summed E-state index contributed by atoms with van der Waals surface area (Å²) in [6.07, 6.45) is 8.08. The fourth-order valence-corrected chi connectivity index (χ4v) is 4.92. The van der Waals surface area contributed by atoms with Crippen molar-refractivity contribution in [2.75, 3.05) is 26.2 Å². The lowest BCUT2D eigenvalue weighted by Gasteiger charge is -2.42. The minimum Gasteiger partial charge on any atom is -0.481 e. The lowest BCUT2D eigenvalue weighted by Crippen LogP contribution is -2.47. The monoisotopic (exact) mass is 459 g/mol. The van der Waals surface area contributed by atoms with Crippen LogP contribution in [0.25, 0.3) is 0 Å². The molecule has 5 nitrogen and oxygen atoms in total. The molecule has 0 aromatic heterocycles. The highest BCUT2D eigenvalue weighted by atomic mass is 16.4. The third-order valence-corrected chi connectivity index (χ3v) is 7.62. The van der Waals surface area contributed by atoms with Gasteiger partial charge in [0.15, 0.2) is 0 Å². The number of carbonyl (C=O) groups is 1. The molecule has 2 aromatic rings. The van der Waals surface area contributed by atoms with Crippen LogP contribution in [0.3, 0.4) is 0 Å². The number of benzene rings is 2. The second-order valence-electron chi connectivity index (χ2n) is 10.4. The zero-order valence-electron chi connectivity index (χ0n) is 20.1. The molecule has 1 aliphatic heterocycles. The second kappa shape index (κ2) is 11.2. The van der Waals surface area contributed by atoms with Crippen molar-refractivity contribution in [1.82, 2.24) is 10.2 Å². The van der Waals surface area contributed by atoms with E-state index in [9.17, 15) is 10.1 Å². The highest BCUT2D eigenvalue weighted by Gasteiger charge is 2.44. The van der Waals surface area contributed by atoms with Crippen molar-refractivity contribution < 1.29 is 9.90 Å². The zero-order chi connectivity index (χ0) is 23.9. The van der Waals surface area contributed by atoms with Crippen LogP contribution in [0.4, 0.5) is 0 Å². The summed E-state index contributed by atoms with van der Waals surface area (Å²) in [6, 6.07) is 24.0. The molecule has 0 atom stereocenters. The molecule has 0 unspecified atom stereocenters. The van der Waals surface area contributed by atoms with E-state index in [0.717, 1.165) is 51.7 Å². The number of carboxylic acids is 1. The van der Waals surface area contributed by atoms with Crippen LogP contribution in [-0.4, -0.2) is 48.2 Å². The van der Waals surface area contributed by atoms with Gasteiger partial charge in [0.2, 0.25) is 0 Å². The lowest BCUT2D eigenvalue weighted by molar-refractivity contribution is -0.137. The van der Waals surface area contributed by atoms with Gasteiger partial charge in [0.25, 0.3) is 0 Å². The Hall–Kier alpha value is -2.68. The van der Waals surface area contributed by atoms with Crippen LogP contribution >= 0.6 is 0 Å². The molecule has 2 aliphatic carbocycles. The highest BCUT2D eigenvalue weighted by molar-refractivity contribution is 5.66. The van der Waals surface area contributed by atoms with E-state index in [-0.39, 0.29) is 17.3 Å². The number of hydrogen-bond acceptors (Lipinski definition) is 4. The Labute approximate surface area is 203 Å². The molecular weight excluding hydrogens is 422 g/mol. The van der Waals surface area contributed by atoms with Crippen molar-refractivity contribution >= 4 is 5.97 Å². The number of piperidine rings is 1. The first-order chi connectivity index (χ1) is 16.5. The van der Waals surface area contributed by atoms with Gasteiger partial charge in [-0.1, -0.05) is 60.7 Å². The molecule has 0 bridgehead atoms. The van der Waals surface area contributed by atoms with Gasteiger partial charge in [-0.25, -0.2) is 0 Å². The van der Waals surface area contributed by atoms with E-state index < -0.39 is 5.97 Å². The Morgan fingerprint density at radius 3 is 2.06 bits per heavy atom. The van der Waals surface area contributed by atoms with E-state index in [1.807, 2.05) is 36.4 Å². The molecular formula is C29H37N3O2. The number of nitriles is 1. The Bertz CT molecular complexity index is 924. The number of rotatable bonds is 9. The fourth-order valence-electron chi connectivity index (χ4n) is 4.92. The topological polar surface area (TPSA) is 76.4 Å². The standard InChI is InChI=1S/C23H31N3O2.C6H6/c24-16-23(8-9-23)19-3-1-18(2-4-19)15-22(17-25-20-5-6-20)10-13-26(14-11-22)12-7-21(27)28;1-2-4-6-5-3-1/h1-4,20,25H,5-15,17H2,(H,27,28);1-6H. The summed E-state index contributed by atoms with van der Waals surface area (Å²) in [5.41, 5.74) is 2.57. The number of aliphatic carboxylic acids is 1. The number of nitrogens with one attached hydrogen (secondary N) is 1. The number of carboxylic acid groups (broad SMARTS) is 1. The van der Waals surface area contributed by atoms with E-state index >= 15 is 0 Å². The lowest BCUT2D eigenvalue weighted by atomic mass is 9.73. The first-order valence-electron chi connectivity index (χ1n) is 12.7. The molecule has 0 amide bonds. The van der Waals surface area contributed by atoms with Gasteiger partial charge in [0.05, 0.1) is 17.9 Å². The van der Waals surface area contributed by atoms with Crippen LogP contribution in [-0.2, 0) is 16.6 Å². The molecule has 5 rings (SSSR count). The highest BCUT2D eigenvalue weighted by Crippen LogP contribution is 2.47. The Morgan fingerprint density at radius 2 is 1.59 bits per heavy atom. The predicted molar refractivity (Wildman–Crippen MR) is 134 cm³/mol. The molecule has 1 heterocycles. The molecule has 5 heteroatoms. The number of nitrogens with zero attached hydrogens (tertiary/aromatic N) is 2. The fraction of sp³-hybridized carbons (Fsp3) is 0.517. The van der Waals surface area contributed by atoms with Crippen molar-refractivity contribution in [2.45, 2.75) is 62.8 Å². The first-order valence-corrected chi connectivity index (χ1v) is 12.7. The maximum atomic E-state index is 10.9. The Kier molecular flexibility index (Phi) is 8.03. The molecule has 2 aromatic carbocycles. The molecule has 2 saturated carbocycles. The third kappa shape index (κ3) is 6.91. The Morgan fingerprint density at radius 1 is 1.00 bits per heavy atom. The van der Waals surface area contributed by atoms with Gasteiger partial charge in [0.1, 0.15) is 0 Å². The quantitative estimate of drug-likeness (QED) is 0.564. The average Bonchev–Trinajstić information content (AvgIpc) is 3.80. The van der Waals surface area contributed by atoms with Crippen molar-refractivity contribution in [2.24, 2.45) is 5.41 Å². The summed E-state index contributed by atoms with van der Waals surface area (Å²) >= 11 is 0. The van der Waals surface area contributed by atoms with E-state index in [0.29, 0.717) is 12.6 Å². The largest absolute Gasteiger partial charge is 0.481 e. The van der Waals surface area contributed by atoms with Crippen LogP contribution in [0.5, 0.6) is 0 Å². The predicted octanol–water partition coefficient (Wildman–Crippen LogP) is 4.78. The molecule has 1 saturated heterocycles. The molecule has 3 aliphatic rings. The molecule has 0 spiro atoms. The SMILES string of the molecule is N#CC1(c2ccc(CC3(CNC4CC4)CCN(CCC(=O)O)CC3)cc2)CC1.c1ccccc1. The van der Waals surface area contributed by atoms with Crippen LogP contribution in [0, 0.1) is 16.7 Å². The van der Waals surface area contributed by atoms with E-state index in [2.05, 4.69) is 40.6 Å².